The van der Waals surface area contributed by atoms with Crippen LogP contribution >= 0.6 is 0 Å². The second-order valence-corrected chi connectivity index (χ2v) is 4.20. The van der Waals surface area contributed by atoms with Crippen molar-refractivity contribution in [1.29, 1.82) is 0 Å². The fourth-order valence-electron chi connectivity index (χ4n) is 1.58. The Hall–Kier alpha value is -2.96. The van der Waals surface area contributed by atoms with Gasteiger partial charge in [-0.2, -0.15) is 0 Å². The Balaban J connectivity index is 2.06. The van der Waals surface area contributed by atoms with E-state index in [0.717, 1.165) is 0 Å². The predicted molar refractivity (Wildman–Crippen MR) is 75.0 cm³/mol. The molecular weight excluding hydrogens is 277 g/mol. The first-order valence-electron chi connectivity index (χ1n) is 5.97. The summed E-state index contributed by atoms with van der Waals surface area (Å²) in [5.41, 5.74) is 0.767. The Kier molecular flexibility index (Phi) is 4.13. The minimum atomic E-state index is -1.14. The fourth-order valence-corrected chi connectivity index (χ4v) is 1.58. The first-order chi connectivity index (χ1) is 9.97. The maximum absolute atomic E-state index is 12.8. The smallest absolute Gasteiger partial charge is 0.354 e. The van der Waals surface area contributed by atoms with Gasteiger partial charge in [0.05, 0.1) is 11.9 Å². The number of nitrogens with one attached hydrogen (secondary N) is 1. The molecular formula is C14H12FN3O3. The summed E-state index contributed by atoms with van der Waals surface area (Å²) in [5.74, 6) is -1.53. The molecule has 7 heteroatoms. The summed E-state index contributed by atoms with van der Waals surface area (Å²) in [6, 6.07) is 7.72. The summed E-state index contributed by atoms with van der Waals surface area (Å²) < 4.78 is 12.8. The number of nitrogens with zero attached hydrogens (tertiary/aromatic N) is 2. The number of amides is 2. The van der Waals surface area contributed by atoms with Crippen molar-refractivity contribution in [3.63, 3.8) is 0 Å². The molecule has 0 radical (unpaired) electrons. The molecule has 1 aromatic carbocycles. The van der Waals surface area contributed by atoms with Gasteiger partial charge in [0.25, 0.3) is 0 Å². The van der Waals surface area contributed by atoms with Crippen LogP contribution in [-0.2, 0) is 0 Å². The van der Waals surface area contributed by atoms with Crippen molar-refractivity contribution in [1.82, 2.24) is 4.98 Å². The van der Waals surface area contributed by atoms with E-state index in [2.05, 4.69) is 10.3 Å². The number of hydrogen-bond acceptors (Lipinski definition) is 3. The van der Waals surface area contributed by atoms with Crippen molar-refractivity contribution in [2.45, 2.75) is 0 Å². The number of pyridine rings is 1. The fraction of sp³-hybridized carbons (Fsp3) is 0.0714. The third kappa shape index (κ3) is 3.53. The predicted octanol–water partition coefficient (Wildman–Crippen LogP) is 2.59. The molecule has 2 N–H and O–H groups in total. The molecule has 1 aromatic heterocycles. The summed E-state index contributed by atoms with van der Waals surface area (Å²) >= 11 is 0. The lowest BCUT2D eigenvalue weighted by atomic mass is 10.3. The molecule has 2 aromatic rings. The Morgan fingerprint density at radius 3 is 2.38 bits per heavy atom. The molecule has 0 aliphatic heterocycles. The number of carbonyl (C=O) groups excluding carboxylic acids is 1. The number of hydrogen-bond donors (Lipinski definition) is 2. The molecule has 108 valence electrons. The van der Waals surface area contributed by atoms with E-state index < -0.39 is 12.0 Å². The van der Waals surface area contributed by atoms with Crippen LogP contribution in [0.5, 0.6) is 0 Å². The van der Waals surface area contributed by atoms with Crippen LogP contribution in [0.3, 0.4) is 0 Å². The van der Waals surface area contributed by atoms with Crippen LogP contribution in [-0.4, -0.2) is 29.1 Å². The quantitative estimate of drug-likeness (QED) is 0.909. The van der Waals surface area contributed by atoms with Crippen LogP contribution in [0.2, 0.25) is 0 Å². The number of aromatic carboxylic acids is 1. The van der Waals surface area contributed by atoms with E-state index in [1.54, 1.807) is 0 Å². The normalized spacial score (nSPS) is 10.0. The Bertz CT molecular complexity index is 656. The number of rotatable bonds is 3. The molecule has 2 rings (SSSR count). The molecule has 1 heterocycles. The standard InChI is InChI=1S/C14H12FN3O3/c1-18(11-5-2-9(15)3-6-11)14(21)17-10-4-7-12(13(19)20)16-8-10/h2-8H,1H3,(H,17,21)(H,19,20). The third-order valence-corrected chi connectivity index (χ3v) is 2.75. The Morgan fingerprint density at radius 2 is 1.86 bits per heavy atom. The average molecular weight is 289 g/mol. The SMILES string of the molecule is CN(C(=O)Nc1ccc(C(=O)O)nc1)c1ccc(F)cc1. The first kappa shape index (κ1) is 14.4. The summed E-state index contributed by atoms with van der Waals surface area (Å²) in [5, 5.41) is 11.3. The monoisotopic (exact) mass is 289 g/mol. The zero-order valence-electron chi connectivity index (χ0n) is 11.1. The highest BCUT2D eigenvalue weighted by Crippen LogP contribution is 2.15. The average Bonchev–Trinajstić information content (AvgIpc) is 2.47. The summed E-state index contributed by atoms with van der Waals surface area (Å²) in [7, 11) is 1.53. The van der Waals surface area contributed by atoms with Crippen molar-refractivity contribution in [3.05, 3.63) is 54.1 Å². The van der Waals surface area contributed by atoms with Gasteiger partial charge in [-0.15, -0.1) is 0 Å². The van der Waals surface area contributed by atoms with Crippen molar-refractivity contribution in [3.8, 4) is 0 Å². The van der Waals surface area contributed by atoms with E-state index in [4.69, 9.17) is 5.11 Å². The highest BCUT2D eigenvalue weighted by molar-refractivity contribution is 6.01. The maximum Gasteiger partial charge on any atom is 0.354 e. The van der Waals surface area contributed by atoms with Gasteiger partial charge >= 0.3 is 12.0 Å². The van der Waals surface area contributed by atoms with Gasteiger partial charge in [0.15, 0.2) is 0 Å². The van der Waals surface area contributed by atoms with Crippen LogP contribution < -0.4 is 10.2 Å². The largest absolute Gasteiger partial charge is 0.477 e. The summed E-state index contributed by atoms with van der Waals surface area (Å²) in [6.07, 6.45) is 1.25. The van der Waals surface area contributed by atoms with E-state index >= 15 is 0 Å². The van der Waals surface area contributed by atoms with Crippen LogP contribution in [0.4, 0.5) is 20.6 Å². The molecule has 0 unspecified atom stereocenters. The van der Waals surface area contributed by atoms with Crippen LogP contribution in [0, 0.1) is 5.82 Å². The number of urea groups is 1. The summed E-state index contributed by atoms with van der Waals surface area (Å²) in [6.45, 7) is 0. The number of anilines is 2. The molecule has 2 amide bonds. The second-order valence-electron chi connectivity index (χ2n) is 4.20. The van der Waals surface area contributed by atoms with Gasteiger partial charge in [0.2, 0.25) is 0 Å². The molecule has 0 aliphatic carbocycles. The van der Waals surface area contributed by atoms with Gasteiger partial charge in [-0.05, 0) is 36.4 Å². The zero-order chi connectivity index (χ0) is 15.4. The molecule has 0 spiro atoms. The van der Waals surface area contributed by atoms with Gasteiger partial charge in [0, 0.05) is 12.7 Å². The van der Waals surface area contributed by atoms with Gasteiger partial charge < -0.3 is 10.4 Å². The van der Waals surface area contributed by atoms with E-state index in [1.165, 1.54) is 54.5 Å². The molecule has 0 saturated carbocycles. The lowest BCUT2D eigenvalue weighted by Gasteiger charge is -2.18. The molecule has 0 bridgehead atoms. The molecule has 0 atom stereocenters. The number of halogens is 1. The van der Waals surface area contributed by atoms with Crippen LogP contribution in [0.25, 0.3) is 0 Å². The number of carboxylic acid groups (broad SMARTS) is 1. The van der Waals surface area contributed by atoms with Crippen LogP contribution in [0.15, 0.2) is 42.6 Å². The summed E-state index contributed by atoms with van der Waals surface area (Å²) in [4.78, 5) is 27.6. The highest BCUT2D eigenvalue weighted by Gasteiger charge is 2.12. The second kappa shape index (κ2) is 6.00. The van der Waals surface area contributed by atoms with E-state index in [9.17, 15) is 14.0 Å². The van der Waals surface area contributed by atoms with Crippen molar-refractivity contribution < 1.29 is 19.1 Å². The molecule has 0 fully saturated rings. The minimum absolute atomic E-state index is 0.111. The number of carbonyl (C=O) groups is 2. The molecule has 0 aliphatic rings. The number of aromatic nitrogens is 1. The highest BCUT2D eigenvalue weighted by atomic mass is 19.1. The number of carboxylic acids is 1. The van der Waals surface area contributed by atoms with Gasteiger partial charge in [-0.1, -0.05) is 0 Å². The maximum atomic E-state index is 12.8. The number of benzene rings is 1. The third-order valence-electron chi connectivity index (χ3n) is 2.75. The van der Waals surface area contributed by atoms with E-state index in [0.29, 0.717) is 11.4 Å². The van der Waals surface area contributed by atoms with Crippen molar-refractivity contribution >= 4 is 23.4 Å². The van der Waals surface area contributed by atoms with Gasteiger partial charge in [0.1, 0.15) is 11.5 Å². The zero-order valence-corrected chi connectivity index (χ0v) is 11.1. The van der Waals surface area contributed by atoms with E-state index in [1.807, 2.05) is 0 Å². The molecule has 21 heavy (non-hydrogen) atoms. The van der Waals surface area contributed by atoms with Crippen molar-refractivity contribution in [2.24, 2.45) is 0 Å². The lowest BCUT2D eigenvalue weighted by molar-refractivity contribution is 0.0690. The molecule has 0 saturated heterocycles. The van der Waals surface area contributed by atoms with Crippen molar-refractivity contribution in [2.75, 3.05) is 17.3 Å². The Morgan fingerprint density at radius 1 is 1.19 bits per heavy atom. The van der Waals surface area contributed by atoms with E-state index in [-0.39, 0.29) is 11.5 Å². The first-order valence-corrected chi connectivity index (χ1v) is 5.97. The topological polar surface area (TPSA) is 82.5 Å². The van der Waals surface area contributed by atoms with Gasteiger partial charge in [-0.3, -0.25) is 4.90 Å². The van der Waals surface area contributed by atoms with Crippen LogP contribution in [0.1, 0.15) is 10.5 Å². The minimum Gasteiger partial charge on any atom is -0.477 e. The Labute approximate surface area is 119 Å². The van der Waals surface area contributed by atoms with Gasteiger partial charge in [-0.25, -0.2) is 19.0 Å². The lowest BCUT2D eigenvalue weighted by Crippen LogP contribution is -2.31. The molecule has 6 nitrogen and oxygen atoms in total.